The van der Waals surface area contributed by atoms with E-state index >= 15 is 0 Å². The van der Waals surface area contributed by atoms with E-state index in [1.165, 1.54) is 0 Å². The number of carbonyl (C=O) groups excluding carboxylic acids is 1. The van der Waals surface area contributed by atoms with Gasteiger partial charge in [0.25, 0.3) is 5.91 Å². The number of benzene rings is 1. The molecule has 1 aromatic carbocycles. The molecule has 1 fully saturated rings. The summed E-state index contributed by atoms with van der Waals surface area (Å²) in [5, 5.41) is 0.661. The summed E-state index contributed by atoms with van der Waals surface area (Å²) in [5.74, 6) is 0.379. The van der Waals surface area contributed by atoms with Gasteiger partial charge < -0.3 is 4.90 Å². The van der Waals surface area contributed by atoms with E-state index in [1.807, 2.05) is 24.3 Å². The van der Waals surface area contributed by atoms with Crippen molar-refractivity contribution in [3.8, 4) is 0 Å². The van der Waals surface area contributed by atoms with Crippen LogP contribution in [0.2, 0.25) is 5.02 Å². The Morgan fingerprint density at radius 3 is 2.95 bits per heavy atom. The largest absolute Gasteiger partial charge is 0.341 e. The van der Waals surface area contributed by atoms with Crippen molar-refractivity contribution in [2.75, 3.05) is 19.3 Å². The second kappa shape index (κ2) is 6.86. The maximum absolute atomic E-state index is 12.1. The van der Waals surface area contributed by atoms with Gasteiger partial charge in [-0.3, -0.25) is 9.00 Å². The van der Waals surface area contributed by atoms with Crippen molar-refractivity contribution in [2.45, 2.75) is 6.42 Å². The predicted octanol–water partition coefficient (Wildman–Crippen LogP) is 2.85. The van der Waals surface area contributed by atoms with E-state index < -0.39 is 10.8 Å². The van der Waals surface area contributed by atoms with Crippen LogP contribution in [0.15, 0.2) is 41.3 Å². The van der Waals surface area contributed by atoms with Gasteiger partial charge in [0.1, 0.15) is 4.91 Å². The molecular weight excluding hydrogens is 294 g/mol. The molecule has 0 spiro atoms. The van der Waals surface area contributed by atoms with Crippen LogP contribution in [-0.4, -0.2) is 34.4 Å². The fourth-order valence-electron chi connectivity index (χ4n) is 1.93. The molecule has 1 aliphatic rings. The number of rotatable bonds is 2. The molecule has 20 heavy (non-hydrogen) atoms. The van der Waals surface area contributed by atoms with E-state index in [1.54, 1.807) is 30.2 Å². The van der Waals surface area contributed by atoms with Crippen LogP contribution >= 0.6 is 11.6 Å². The molecule has 0 bridgehead atoms. The van der Waals surface area contributed by atoms with E-state index in [0.717, 1.165) is 12.0 Å². The van der Waals surface area contributed by atoms with Crippen molar-refractivity contribution < 1.29 is 9.00 Å². The van der Waals surface area contributed by atoms with Gasteiger partial charge in [-0.05, 0) is 30.2 Å². The second-order valence-corrected chi connectivity index (χ2v) is 6.55. The van der Waals surface area contributed by atoms with Gasteiger partial charge in [0.05, 0.1) is 10.8 Å². The Kier molecular flexibility index (Phi) is 5.15. The molecule has 1 heterocycles. The molecule has 0 aliphatic carbocycles. The molecule has 0 N–H and O–H groups in total. The van der Waals surface area contributed by atoms with E-state index in [2.05, 4.69) is 0 Å². The van der Waals surface area contributed by atoms with Gasteiger partial charge in [0, 0.05) is 24.4 Å². The van der Waals surface area contributed by atoms with Crippen LogP contribution in [0.25, 0.3) is 6.08 Å². The molecule has 106 valence electrons. The fraction of sp³-hybridized carbons (Fsp3) is 0.267. The molecule has 5 heteroatoms. The monoisotopic (exact) mass is 309 g/mol. The normalized spacial score (nSPS) is 22.5. The molecule has 1 unspecified atom stereocenters. The zero-order valence-electron chi connectivity index (χ0n) is 11.2. The number of amides is 1. The summed E-state index contributed by atoms with van der Waals surface area (Å²) in [6.07, 6.45) is 6.00. The highest BCUT2D eigenvalue weighted by Crippen LogP contribution is 2.15. The molecule has 2 rings (SSSR count). The highest BCUT2D eigenvalue weighted by Gasteiger charge is 2.23. The lowest BCUT2D eigenvalue weighted by Crippen LogP contribution is -2.27. The third kappa shape index (κ3) is 3.81. The van der Waals surface area contributed by atoms with Crippen molar-refractivity contribution in [2.24, 2.45) is 0 Å². The lowest BCUT2D eigenvalue weighted by molar-refractivity contribution is -0.125. The average molecular weight is 310 g/mol. The molecule has 0 radical (unpaired) electrons. The van der Waals surface area contributed by atoms with Gasteiger partial charge in [-0.1, -0.05) is 35.9 Å². The Morgan fingerprint density at radius 1 is 1.40 bits per heavy atom. The Bertz CT molecular complexity index is 595. The van der Waals surface area contributed by atoms with Gasteiger partial charge in [0.15, 0.2) is 0 Å². The van der Waals surface area contributed by atoms with Gasteiger partial charge >= 0.3 is 0 Å². The topological polar surface area (TPSA) is 37.4 Å². The molecule has 0 saturated carbocycles. The van der Waals surface area contributed by atoms with E-state index in [9.17, 15) is 9.00 Å². The zero-order valence-corrected chi connectivity index (χ0v) is 12.8. The third-order valence-corrected chi connectivity index (χ3v) is 4.71. The quantitative estimate of drug-likeness (QED) is 0.788. The van der Waals surface area contributed by atoms with E-state index in [4.69, 9.17) is 11.6 Å². The molecule has 0 aromatic heterocycles. The summed E-state index contributed by atoms with van der Waals surface area (Å²) >= 11 is 5.90. The lowest BCUT2D eigenvalue weighted by Gasteiger charge is -2.13. The van der Waals surface area contributed by atoms with Crippen LogP contribution < -0.4 is 0 Å². The van der Waals surface area contributed by atoms with Crippen molar-refractivity contribution in [3.63, 3.8) is 0 Å². The van der Waals surface area contributed by atoms with Gasteiger partial charge in [-0.25, -0.2) is 0 Å². The Morgan fingerprint density at radius 2 is 2.20 bits per heavy atom. The average Bonchev–Trinajstić information content (AvgIpc) is 2.53. The second-order valence-electron chi connectivity index (χ2n) is 4.57. The first-order chi connectivity index (χ1) is 9.58. The van der Waals surface area contributed by atoms with Gasteiger partial charge in [-0.2, -0.15) is 0 Å². The van der Waals surface area contributed by atoms with Gasteiger partial charge in [0.2, 0.25) is 0 Å². The molecule has 1 saturated heterocycles. The SMILES string of the molecule is CN1CCCS(=O)/C(=C/C=C/c2cccc(Cl)c2)C1=O. The van der Waals surface area contributed by atoms with Crippen LogP contribution in [0.1, 0.15) is 12.0 Å². The summed E-state index contributed by atoms with van der Waals surface area (Å²) in [6.45, 7) is 0.653. The third-order valence-electron chi connectivity index (χ3n) is 3.01. The van der Waals surface area contributed by atoms with Crippen molar-refractivity contribution in [1.29, 1.82) is 0 Å². The fourth-order valence-corrected chi connectivity index (χ4v) is 3.32. The van der Waals surface area contributed by atoms with Crippen LogP contribution in [0.3, 0.4) is 0 Å². The van der Waals surface area contributed by atoms with Crippen molar-refractivity contribution in [1.82, 2.24) is 4.90 Å². The van der Waals surface area contributed by atoms with Gasteiger partial charge in [-0.15, -0.1) is 0 Å². The number of allylic oxidation sites excluding steroid dienone is 2. The summed E-state index contributed by atoms with van der Waals surface area (Å²) in [4.78, 5) is 14.0. The number of nitrogens with zero attached hydrogens (tertiary/aromatic N) is 1. The van der Waals surface area contributed by atoms with Crippen molar-refractivity contribution >= 4 is 34.4 Å². The number of halogens is 1. The maximum Gasteiger partial charge on any atom is 0.262 e. The van der Waals surface area contributed by atoms with E-state index in [-0.39, 0.29) is 5.91 Å². The summed E-state index contributed by atoms with van der Waals surface area (Å²) in [7, 11) is 0.520. The minimum atomic E-state index is -1.22. The minimum absolute atomic E-state index is 0.156. The first-order valence-electron chi connectivity index (χ1n) is 6.36. The van der Waals surface area contributed by atoms with E-state index in [0.29, 0.717) is 22.2 Å². The molecule has 1 atom stereocenters. The Labute approximate surface area is 126 Å². The summed E-state index contributed by atoms with van der Waals surface area (Å²) < 4.78 is 12.0. The zero-order chi connectivity index (χ0) is 14.5. The smallest absolute Gasteiger partial charge is 0.262 e. The number of carbonyl (C=O) groups is 1. The molecular formula is C15H16ClNO2S. The highest BCUT2D eigenvalue weighted by molar-refractivity contribution is 7.90. The van der Waals surface area contributed by atoms with Crippen LogP contribution in [-0.2, 0) is 15.6 Å². The number of likely N-dealkylation sites (N-methyl/N-ethyl adjacent to an activating group) is 1. The van der Waals surface area contributed by atoms with Crippen LogP contribution in [0.4, 0.5) is 0 Å². The number of hydrogen-bond donors (Lipinski definition) is 0. The molecule has 1 amide bonds. The Balaban J connectivity index is 2.20. The maximum atomic E-state index is 12.1. The molecule has 1 aliphatic heterocycles. The van der Waals surface area contributed by atoms with Crippen molar-refractivity contribution in [3.05, 3.63) is 51.9 Å². The molecule has 3 nitrogen and oxygen atoms in total. The summed E-state index contributed by atoms with van der Waals surface area (Å²) in [6, 6.07) is 7.40. The standard InChI is InChI=1S/C15H16ClNO2S/c1-17-9-4-10-20(19)14(15(17)18)8-3-6-12-5-2-7-13(16)11-12/h2-3,5-8,11H,4,9-10H2,1H3/b6-3+,14-8+. The lowest BCUT2D eigenvalue weighted by atomic mass is 10.2. The number of hydrogen-bond acceptors (Lipinski definition) is 2. The Hall–Kier alpha value is -1.39. The summed E-state index contributed by atoms with van der Waals surface area (Å²) in [5.41, 5.74) is 0.939. The highest BCUT2D eigenvalue weighted by atomic mass is 35.5. The molecule has 1 aromatic rings. The van der Waals surface area contributed by atoms with Crippen LogP contribution in [0, 0.1) is 0 Å². The first-order valence-corrected chi connectivity index (χ1v) is 8.05. The van der Waals surface area contributed by atoms with Crippen LogP contribution in [0.5, 0.6) is 0 Å². The predicted molar refractivity (Wildman–Crippen MR) is 83.8 cm³/mol. The first kappa shape index (κ1) is 15.0. The minimum Gasteiger partial charge on any atom is -0.341 e.